The van der Waals surface area contributed by atoms with Crippen molar-refractivity contribution in [2.75, 3.05) is 6.61 Å². The Morgan fingerprint density at radius 2 is 1.25 bits per heavy atom. The van der Waals surface area contributed by atoms with Gasteiger partial charge >= 0.3 is 6.11 Å². The molecule has 0 radical (unpaired) electrons. The lowest BCUT2D eigenvalue weighted by molar-refractivity contribution is -0.189. The van der Waals surface area contributed by atoms with E-state index in [9.17, 15) is 43.9 Å². The lowest BCUT2D eigenvalue weighted by Crippen LogP contribution is -2.25. The quantitative estimate of drug-likeness (QED) is 0.0821. The van der Waals surface area contributed by atoms with Crippen molar-refractivity contribution in [2.45, 2.75) is 25.9 Å². The zero-order valence-electron chi connectivity index (χ0n) is 22.2. The van der Waals surface area contributed by atoms with Crippen molar-refractivity contribution in [3.8, 4) is 34.5 Å². The Labute approximate surface area is 248 Å². The van der Waals surface area contributed by atoms with Crippen LogP contribution in [0.3, 0.4) is 0 Å². The van der Waals surface area contributed by atoms with Crippen molar-refractivity contribution < 1.29 is 53.4 Å². The first-order valence-electron chi connectivity index (χ1n) is 12.6. The molecule has 0 aliphatic carbocycles. The number of unbranched alkanes of at least 4 members (excludes halogenated alkanes) is 1. The number of ether oxygens (including phenoxy) is 2. The molecule has 13 heteroatoms. The minimum absolute atomic E-state index is 0.0385. The van der Waals surface area contributed by atoms with Crippen LogP contribution >= 0.6 is 11.6 Å². The van der Waals surface area contributed by atoms with Gasteiger partial charge in [-0.2, -0.15) is 8.78 Å². The van der Waals surface area contributed by atoms with Gasteiger partial charge in [-0.15, -0.1) is 0 Å². The Hall–Kier alpha value is -4.37. The summed E-state index contributed by atoms with van der Waals surface area (Å²) in [6.07, 6.45) is -3.32. The molecule has 0 unspecified atom stereocenters. The van der Waals surface area contributed by atoms with Gasteiger partial charge in [-0.1, -0.05) is 36.8 Å². The Morgan fingerprint density at radius 3 is 1.80 bits per heavy atom. The molecule has 0 aromatic heterocycles. The maximum atomic E-state index is 14.8. The van der Waals surface area contributed by atoms with Gasteiger partial charge in [0.05, 0.1) is 17.2 Å². The molecular formula is C31H17ClF10O2. The van der Waals surface area contributed by atoms with Crippen LogP contribution in [0.1, 0.15) is 36.5 Å². The molecule has 4 aromatic carbocycles. The second kappa shape index (κ2) is 13.1. The number of rotatable bonds is 8. The normalized spacial score (nSPS) is 11.3. The van der Waals surface area contributed by atoms with Gasteiger partial charge in [0, 0.05) is 29.3 Å². The molecule has 44 heavy (non-hydrogen) atoms. The largest absolute Gasteiger partial charge is 0.493 e. The van der Waals surface area contributed by atoms with E-state index < -0.39 is 75.1 Å². The molecular weight excluding hydrogens is 630 g/mol. The summed E-state index contributed by atoms with van der Waals surface area (Å²) in [5.41, 5.74) is -4.16. The van der Waals surface area contributed by atoms with Crippen LogP contribution in [0.2, 0.25) is 5.02 Å². The summed E-state index contributed by atoms with van der Waals surface area (Å²) < 4.78 is 152. The van der Waals surface area contributed by atoms with Crippen LogP contribution in [0.15, 0.2) is 48.5 Å². The number of benzene rings is 4. The smallest absolute Gasteiger partial charge is 0.432 e. The molecule has 0 heterocycles. The Morgan fingerprint density at radius 1 is 0.682 bits per heavy atom. The van der Waals surface area contributed by atoms with Crippen LogP contribution in [0.25, 0.3) is 11.1 Å². The van der Waals surface area contributed by atoms with Gasteiger partial charge in [0.1, 0.15) is 46.1 Å². The van der Waals surface area contributed by atoms with E-state index in [0.717, 1.165) is 24.6 Å². The Kier molecular flexibility index (Phi) is 9.69. The summed E-state index contributed by atoms with van der Waals surface area (Å²) in [7, 11) is 0. The summed E-state index contributed by atoms with van der Waals surface area (Å²) in [5, 5.41) is -0.198. The van der Waals surface area contributed by atoms with E-state index >= 15 is 0 Å². The monoisotopic (exact) mass is 646 g/mol. The number of halogens is 11. The van der Waals surface area contributed by atoms with E-state index in [4.69, 9.17) is 16.3 Å². The van der Waals surface area contributed by atoms with E-state index in [1.165, 1.54) is 6.07 Å². The molecule has 0 atom stereocenters. The minimum Gasteiger partial charge on any atom is -0.493 e. The summed E-state index contributed by atoms with van der Waals surface area (Å²) in [6, 6.07) is 4.37. The molecule has 0 fully saturated rings. The van der Waals surface area contributed by atoms with Crippen LogP contribution in [-0.4, -0.2) is 6.61 Å². The van der Waals surface area contributed by atoms with E-state index in [1.54, 1.807) is 0 Å². The molecule has 0 bridgehead atoms. The fraction of sp³-hybridized carbons (Fsp3) is 0.161. The van der Waals surface area contributed by atoms with Crippen molar-refractivity contribution in [1.82, 2.24) is 0 Å². The molecule has 0 N–H and O–H groups in total. The van der Waals surface area contributed by atoms with Gasteiger partial charge in [0.15, 0.2) is 17.5 Å². The molecule has 0 aliphatic heterocycles. The number of alkyl halides is 2. The van der Waals surface area contributed by atoms with Gasteiger partial charge in [-0.05, 0) is 42.3 Å². The lowest BCUT2D eigenvalue weighted by atomic mass is 10.0. The Bertz CT molecular complexity index is 1700. The molecule has 4 aromatic rings. The summed E-state index contributed by atoms with van der Waals surface area (Å²) >= 11 is 6.13. The van der Waals surface area contributed by atoms with Crippen molar-refractivity contribution >= 4 is 11.6 Å². The standard InChI is InChI=1S/C31H17ClF10O2/c1-2-3-6-43-17-11-20(32)28(23(35)12-17)16-9-21(33)19(22(34)10-16)5-4-15-7-24(36)29(25(37)8-15)31(41,42)44-18-13-26(38)30(40)27(39)14-18/h7-14H,2-3,6H2,1H3. The molecule has 2 nitrogen and oxygen atoms in total. The van der Waals surface area contributed by atoms with E-state index in [0.29, 0.717) is 13.0 Å². The highest BCUT2D eigenvalue weighted by atomic mass is 35.5. The minimum atomic E-state index is -4.85. The molecule has 0 saturated carbocycles. The molecule has 0 aliphatic rings. The summed E-state index contributed by atoms with van der Waals surface area (Å²) in [4.78, 5) is 0. The topological polar surface area (TPSA) is 18.5 Å². The second-order valence-corrected chi connectivity index (χ2v) is 9.57. The fourth-order valence-electron chi connectivity index (χ4n) is 3.93. The van der Waals surface area contributed by atoms with Crippen LogP contribution in [0.4, 0.5) is 43.9 Å². The van der Waals surface area contributed by atoms with Crippen LogP contribution in [-0.2, 0) is 6.11 Å². The van der Waals surface area contributed by atoms with E-state index in [-0.39, 0.29) is 46.2 Å². The molecule has 230 valence electrons. The van der Waals surface area contributed by atoms with Gasteiger partial charge < -0.3 is 9.47 Å². The predicted octanol–water partition coefficient (Wildman–Crippen LogP) is 9.83. The highest BCUT2D eigenvalue weighted by Gasteiger charge is 2.41. The number of hydrogen-bond acceptors (Lipinski definition) is 2. The first kappa shape index (κ1) is 32.5. The highest BCUT2D eigenvalue weighted by molar-refractivity contribution is 6.33. The average Bonchev–Trinajstić information content (AvgIpc) is 2.90. The van der Waals surface area contributed by atoms with Crippen molar-refractivity contribution in [3.63, 3.8) is 0 Å². The third-order valence-electron chi connectivity index (χ3n) is 5.98. The molecule has 0 amide bonds. The van der Waals surface area contributed by atoms with Gasteiger partial charge in [-0.3, -0.25) is 0 Å². The Balaban J connectivity index is 1.61. The van der Waals surface area contributed by atoms with E-state index in [2.05, 4.69) is 4.74 Å². The maximum Gasteiger partial charge on any atom is 0.432 e. The SMILES string of the molecule is CCCCOc1cc(F)c(-c2cc(F)c(C#Cc3cc(F)c(C(F)(F)Oc4cc(F)c(F)c(F)c4)c(F)c3)c(F)c2)c(Cl)c1. The predicted molar refractivity (Wildman–Crippen MR) is 140 cm³/mol. The van der Waals surface area contributed by atoms with Gasteiger partial charge in [0.25, 0.3) is 0 Å². The van der Waals surface area contributed by atoms with Gasteiger partial charge in [0.2, 0.25) is 0 Å². The van der Waals surface area contributed by atoms with Crippen molar-refractivity contribution in [3.05, 3.63) is 117 Å². The molecule has 4 rings (SSSR count). The summed E-state index contributed by atoms with van der Waals surface area (Å²) in [5.74, 6) is -10.3. The first-order valence-corrected chi connectivity index (χ1v) is 12.9. The third-order valence-corrected chi connectivity index (χ3v) is 6.28. The van der Waals surface area contributed by atoms with Crippen LogP contribution < -0.4 is 9.47 Å². The lowest BCUT2D eigenvalue weighted by Gasteiger charge is -2.19. The average molecular weight is 647 g/mol. The third kappa shape index (κ3) is 7.05. The molecule has 0 spiro atoms. The zero-order chi connectivity index (χ0) is 32.3. The van der Waals surface area contributed by atoms with Crippen molar-refractivity contribution in [1.29, 1.82) is 0 Å². The highest BCUT2D eigenvalue weighted by Crippen LogP contribution is 2.37. The fourth-order valence-corrected chi connectivity index (χ4v) is 4.24. The molecule has 0 saturated heterocycles. The zero-order valence-corrected chi connectivity index (χ0v) is 23.0. The van der Waals surface area contributed by atoms with Crippen molar-refractivity contribution in [2.24, 2.45) is 0 Å². The number of hydrogen-bond donors (Lipinski definition) is 0. The van der Waals surface area contributed by atoms with E-state index in [1.807, 2.05) is 18.8 Å². The second-order valence-electron chi connectivity index (χ2n) is 9.16. The van der Waals surface area contributed by atoms with Crippen LogP contribution in [0.5, 0.6) is 11.5 Å². The van der Waals surface area contributed by atoms with Gasteiger partial charge in [-0.25, -0.2) is 35.1 Å². The first-order chi connectivity index (χ1) is 20.7. The maximum absolute atomic E-state index is 14.8. The summed E-state index contributed by atoms with van der Waals surface area (Å²) in [6.45, 7) is 2.23. The van der Waals surface area contributed by atoms with Crippen LogP contribution in [0, 0.1) is 58.4 Å².